The molecule has 0 fully saturated rings. The van der Waals surface area contributed by atoms with Gasteiger partial charge in [0.15, 0.2) is 0 Å². The molecule has 5 heteroatoms. The largest absolute Gasteiger partial charge is 0.348 e. The molecule has 1 N–H and O–H groups in total. The number of carbonyl (C=O) groups is 2. The second kappa shape index (κ2) is 9.23. The van der Waals surface area contributed by atoms with Crippen molar-refractivity contribution < 1.29 is 9.59 Å². The van der Waals surface area contributed by atoms with Crippen LogP contribution in [-0.4, -0.2) is 29.1 Å². The number of hydrogen-bond donors (Lipinski definition) is 1. The van der Waals surface area contributed by atoms with E-state index in [1.807, 2.05) is 74.5 Å². The molecule has 0 saturated carbocycles. The number of hydrogen-bond acceptors (Lipinski definition) is 2. The zero-order valence-electron chi connectivity index (χ0n) is 14.5. The fourth-order valence-corrected chi connectivity index (χ4v) is 2.85. The van der Waals surface area contributed by atoms with Crippen LogP contribution in [-0.2, 0) is 9.59 Å². The highest BCUT2D eigenvalue weighted by Gasteiger charge is 2.24. The van der Waals surface area contributed by atoms with Crippen LogP contribution in [0, 0.1) is 0 Å². The Balaban J connectivity index is 2.06. The van der Waals surface area contributed by atoms with Crippen LogP contribution < -0.4 is 5.32 Å². The van der Waals surface area contributed by atoms with Crippen LogP contribution in [0.2, 0.25) is 0 Å². The fraction of sp³-hybridized carbons (Fsp3) is 0.300. The summed E-state index contributed by atoms with van der Waals surface area (Å²) in [5.74, 6) is -0.628. The van der Waals surface area contributed by atoms with Gasteiger partial charge in [0.25, 0.3) is 0 Å². The molecule has 132 valence electrons. The van der Waals surface area contributed by atoms with E-state index in [9.17, 15) is 9.59 Å². The van der Waals surface area contributed by atoms with Gasteiger partial charge in [-0.15, -0.1) is 11.6 Å². The molecule has 0 saturated heterocycles. The van der Waals surface area contributed by atoms with Crippen LogP contribution in [0.1, 0.15) is 37.1 Å². The number of alkyl halides is 1. The molecule has 4 nitrogen and oxygen atoms in total. The van der Waals surface area contributed by atoms with Gasteiger partial charge in [0.2, 0.25) is 11.8 Å². The third-order valence-electron chi connectivity index (χ3n) is 4.18. The van der Waals surface area contributed by atoms with Gasteiger partial charge in [-0.05, 0) is 25.0 Å². The van der Waals surface area contributed by atoms with E-state index in [1.54, 1.807) is 0 Å². The molecular formula is C20H23ClN2O2. The molecule has 2 amide bonds. The van der Waals surface area contributed by atoms with Crippen LogP contribution in [0.3, 0.4) is 0 Å². The molecule has 2 aromatic carbocycles. The van der Waals surface area contributed by atoms with E-state index in [4.69, 9.17) is 11.6 Å². The highest BCUT2D eigenvalue weighted by atomic mass is 35.5. The Bertz CT molecular complexity index is 691. The van der Waals surface area contributed by atoms with Crippen LogP contribution >= 0.6 is 11.6 Å². The summed E-state index contributed by atoms with van der Waals surface area (Å²) in [6, 6.07) is 18.9. The number of carbonyl (C=O) groups excluding carboxylic acids is 2. The maximum atomic E-state index is 12.4. The van der Waals surface area contributed by atoms with Gasteiger partial charge in [0, 0.05) is 0 Å². The molecule has 0 bridgehead atoms. The van der Waals surface area contributed by atoms with Gasteiger partial charge in [-0.3, -0.25) is 9.59 Å². The predicted molar refractivity (Wildman–Crippen MR) is 100 cm³/mol. The molecule has 2 rings (SSSR count). The van der Waals surface area contributed by atoms with Gasteiger partial charge < -0.3 is 10.2 Å². The van der Waals surface area contributed by atoms with Crippen molar-refractivity contribution in [3.8, 4) is 0 Å². The van der Waals surface area contributed by atoms with Gasteiger partial charge in [0.1, 0.15) is 12.4 Å². The summed E-state index contributed by atoms with van der Waals surface area (Å²) < 4.78 is 0. The van der Waals surface area contributed by atoms with Crippen LogP contribution in [0.25, 0.3) is 0 Å². The van der Waals surface area contributed by atoms with E-state index in [2.05, 4.69) is 5.32 Å². The lowest BCUT2D eigenvalue weighted by Crippen LogP contribution is -2.43. The number of nitrogens with zero attached hydrogens (tertiary/aromatic N) is 1. The average Bonchev–Trinajstić information content (AvgIpc) is 2.66. The van der Waals surface area contributed by atoms with E-state index in [-0.39, 0.29) is 36.3 Å². The maximum absolute atomic E-state index is 12.4. The Kier molecular flexibility index (Phi) is 7.02. The van der Waals surface area contributed by atoms with Crippen LogP contribution in [0.4, 0.5) is 0 Å². The minimum absolute atomic E-state index is 0.0290. The Labute approximate surface area is 153 Å². The standard InChI is InChI=1S/C20H23ClN2O2/c1-15(17-9-5-3-6-10-17)22-19(24)14-23(20(25)13-21)16(2)18-11-7-4-8-12-18/h3-12,15-16H,13-14H2,1-2H3,(H,22,24)/t15-,16-/m0/s1. The van der Waals surface area contributed by atoms with Gasteiger partial charge in [0.05, 0.1) is 12.1 Å². The molecule has 25 heavy (non-hydrogen) atoms. The highest BCUT2D eigenvalue weighted by Crippen LogP contribution is 2.20. The van der Waals surface area contributed by atoms with Crippen LogP contribution in [0.15, 0.2) is 60.7 Å². The lowest BCUT2D eigenvalue weighted by atomic mass is 10.1. The van der Waals surface area contributed by atoms with Gasteiger partial charge in [-0.2, -0.15) is 0 Å². The molecule has 0 radical (unpaired) electrons. The minimum atomic E-state index is -0.263. The van der Waals surface area contributed by atoms with E-state index in [0.717, 1.165) is 11.1 Å². The van der Waals surface area contributed by atoms with E-state index < -0.39 is 0 Å². The molecule has 0 aliphatic heterocycles. The molecule has 0 aromatic heterocycles. The first kappa shape index (κ1) is 19.0. The van der Waals surface area contributed by atoms with Crippen molar-refractivity contribution >= 4 is 23.4 Å². The molecule has 0 aliphatic rings. The summed E-state index contributed by atoms with van der Waals surface area (Å²) in [4.78, 5) is 26.2. The third kappa shape index (κ3) is 5.33. The molecule has 2 aromatic rings. The Morgan fingerprint density at radius 1 is 0.960 bits per heavy atom. The Morgan fingerprint density at radius 2 is 1.48 bits per heavy atom. The SMILES string of the molecule is C[C@H](NC(=O)CN(C(=O)CCl)[C@@H](C)c1ccccc1)c1ccccc1. The highest BCUT2D eigenvalue weighted by molar-refractivity contribution is 6.27. The minimum Gasteiger partial charge on any atom is -0.348 e. The summed E-state index contributed by atoms with van der Waals surface area (Å²) in [7, 11) is 0. The molecule has 0 spiro atoms. The number of rotatable bonds is 7. The second-order valence-corrected chi connectivity index (χ2v) is 6.21. The Morgan fingerprint density at radius 3 is 2.00 bits per heavy atom. The van der Waals surface area contributed by atoms with Crippen LogP contribution in [0.5, 0.6) is 0 Å². The lowest BCUT2D eigenvalue weighted by molar-refractivity contribution is -0.136. The number of amides is 2. The number of halogens is 1. The zero-order valence-corrected chi connectivity index (χ0v) is 15.2. The fourth-order valence-electron chi connectivity index (χ4n) is 2.70. The van der Waals surface area contributed by atoms with E-state index in [1.165, 1.54) is 4.90 Å². The summed E-state index contributed by atoms with van der Waals surface area (Å²) in [5.41, 5.74) is 1.98. The summed E-state index contributed by atoms with van der Waals surface area (Å²) in [5, 5.41) is 2.94. The second-order valence-electron chi connectivity index (χ2n) is 5.94. The third-order valence-corrected chi connectivity index (χ3v) is 4.40. The van der Waals surface area contributed by atoms with Gasteiger partial charge in [-0.25, -0.2) is 0 Å². The molecular weight excluding hydrogens is 336 g/mol. The van der Waals surface area contributed by atoms with Crippen molar-refractivity contribution in [1.82, 2.24) is 10.2 Å². The van der Waals surface area contributed by atoms with Gasteiger partial charge in [-0.1, -0.05) is 60.7 Å². The van der Waals surface area contributed by atoms with E-state index >= 15 is 0 Å². The molecule has 0 heterocycles. The predicted octanol–water partition coefficient (Wildman–Crippen LogP) is 3.69. The first-order chi connectivity index (χ1) is 12.0. The normalized spacial score (nSPS) is 12.9. The molecule has 2 atom stereocenters. The quantitative estimate of drug-likeness (QED) is 0.767. The maximum Gasteiger partial charge on any atom is 0.240 e. The monoisotopic (exact) mass is 358 g/mol. The first-order valence-electron chi connectivity index (χ1n) is 8.27. The first-order valence-corrected chi connectivity index (χ1v) is 8.81. The molecule has 0 unspecified atom stereocenters. The summed E-state index contributed by atoms with van der Waals surface area (Å²) >= 11 is 5.74. The van der Waals surface area contributed by atoms with Crippen molar-refractivity contribution in [3.05, 3.63) is 71.8 Å². The van der Waals surface area contributed by atoms with Gasteiger partial charge >= 0.3 is 0 Å². The molecule has 0 aliphatic carbocycles. The van der Waals surface area contributed by atoms with Crippen molar-refractivity contribution in [2.24, 2.45) is 0 Å². The van der Waals surface area contributed by atoms with Crippen molar-refractivity contribution in [2.75, 3.05) is 12.4 Å². The topological polar surface area (TPSA) is 49.4 Å². The van der Waals surface area contributed by atoms with Crippen molar-refractivity contribution in [2.45, 2.75) is 25.9 Å². The average molecular weight is 359 g/mol. The Hall–Kier alpha value is -2.33. The lowest BCUT2D eigenvalue weighted by Gasteiger charge is -2.29. The smallest absolute Gasteiger partial charge is 0.240 e. The van der Waals surface area contributed by atoms with E-state index in [0.29, 0.717) is 0 Å². The van der Waals surface area contributed by atoms with Crippen molar-refractivity contribution in [3.63, 3.8) is 0 Å². The zero-order chi connectivity index (χ0) is 18.2. The summed E-state index contributed by atoms with van der Waals surface area (Å²) in [6.45, 7) is 3.79. The number of benzene rings is 2. The van der Waals surface area contributed by atoms with Crippen molar-refractivity contribution in [1.29, 1.82) is 0 Å². The summed E-state index contributed by atoms with van der Waals surface area (Å²) in [6.07, 6.45) is 0. The number of nitrogens with one attached hydrogen (secondary N) is 1.